The summed E-state index contributed by atoms with van der Waals surface area (Å²) < 4.78 is 34.2. The van der Waals surface area contributed by atoms with Gasteiger partial charge in [0, 0.05) is 23.8 Å². The second-order valence-electron chi connectivity index (χ2n) is 5.75. The number of hydrogen-bond donors (Lipinski definition) is 1. The Morgan fingerprint density at radius 1 is 1.26 bits per heavy atom. The van der Waals surface area contributed by atoms with E-state index in [1.54, 1.807) is 12.1 Å². The minimum Gasteiger partial charge on any atom is -0.435 e. The largest absolute Gasteiger partial charge is 0.435 e. The zero-order valence-electron chi connectivity index (χ0n) is 14.4. The third-order valence-corrected chi connectivity index (χ3v) is 4.47. The molecule has 2 heterocycles. The van der Waals surface area contributed by atoms with E-state index < -0.39 is 6.61 Å². The number of benzene rings is 1. The van der Waals surface area contributed by atoms with Gasteiger partial charge < -0.3 is 14.5 Å². The number of ether oxygens (including phenoxy) is 1. The van der Waals surface area contributed by atoms with Crippen LogP contribution in [0.15, 0.2) is 45.5 Å². The number of hydrogen-bond acceptors (Lipinski definition) is 6. The van der Waals surface area contributed by atoms with E-state index in [0.717, 1.165) is 11.1 Å². The number of alkyl halides is 2. The molecule has 1 N–H and O–H groups in total. The zero-order chi connectivity index (χ0) is 19.2. The molecular formula is C18H17F2N3O3S. The predicted molar refractivity (Wildman–Crippen MR) is 95.6 cm³/mol. The molecular weight excluding hydrogens is 376 g/mol. The van der Waals surface area contributed by atoms with Crippen LogP contribution in [0.1, 0.15) is 30.8 Å². The number of amides is 1. The fourth-order valence-electron chi connectivity index (χ4n) is 2.41. The summed E-state index contributed by atoms with van der Waals surface area (Å²) >= 11 is 1.53. The van der Waals surface area contributed by atoms with Gasteiger partial charge in [-0.15, -0.1) is 10.2 Å². The third kappa shape index (κ3) is 5.33. The second-order valence-corrected chi connectivity index (χ2v) is 6.53. The van der Waals surface area contributed by atoms with Crippen molar-refractivity contribution >= 4 is 17.2 Å². The number of nitrogens with one attached hydrogen (secondary N) is 1. The highest BCUT2D eigenvalue weighted by molar-refractivity contribution is 7.08. The topological polar surface area (TPSA) is 77.3 Å². The maximum Gasteiger partial charge on any atom is 0.387 e. The van der Waals surface area contributed by atoms with Crippen molar-refractivity contribution in [3.05, 3.63) is 52.5 Å². The van der Waals surface area contributed by atoms with Crippen molar-refractivity contribution in [2.45, 2.75) is 32.4 Å². The molecule has 0 saturated carbocycles. The highest BCUT2D eigenvalue weighted by atomic mass is 32.1. The van der Waals surface area contributed by atoms with Gasteiger partial charge in [-0.3, -0.25) is 4.79 Å². The number of carbonyl (C=O) groups excluding carboxylic acids is 1. The first-order valence-electron chi connectivity index (χ1n) is 8.20. The van der Waals surface area contributed by atoms with E-state index in [1.165, 1.54) is 23.5 Å². The Balaban J connectivity index is 1.48. The molecule has 1 atom stereocenters. The van der Waals surface area contributed by atoms with Gasteiger partial charge in [0.25, 0.3) is 0 Å². The summed E-state index contributed by atoms with van der Waals surface area (Å²) in [6.07, 6.45) is 0.527. The lowest BCUT2D eigenvalue weighted by Gasteiger charge is -2.14. The van der Waals surface area contributed by atoms with Crippen LogP contribution in [0.5, 0.6) is 5.75 Å². The molecule has 0 aliphatic carbocycles. The Morgan fingerprint density at radius 2 is 2.04 bits per heavy atom. The number of aryl methyl sites for hydroxylation is 1. The van der Waals surface area contributed by atoms with Crippen LogP contribution in [0, 0.1) is 0 Å². The molecule has 0 spiro atoms. The van der Waals surface area contributed by atoms with Crippen LogP contribution < -0.4 is 10.1 Å². The molecule has 0 fully saturated rings. The molecule has 9 heteroatoms. The number of carbonyl (C=O) groups is 1. The lowest BCUT2D eigenvalue weighted by Crippen LogP contribution is -2.26. The van der Waals surface area contributed by atoms with Gasteiger partial charge in [0.1, 0.15) is 5.75 Å². The normalized spacial score (nSPS) is 12.1. The Morgan fingerprint density at radius 3 is 2.70 bits per heavy atom. The highest BCUT2D eigenvalue weighted by Crippen LogP contribution is 2.21. The average Bonchev–Trinajstić information content (AvgIpc) is 3.31. The summed E-state index contributed by atoms with van der Waals surface area (Å²) in [5.41, 5.74) is 1.64. The van der Waals surface area contributed by atoms with Crippen molar-refractivity contribution in [3.63, 3.8) is 0 Å². The van der Waals surface area contributed by atoms with Crippen molar-refractivity contribution in [3.8, 4) is 17.2 Å². The van der Waals surface area contributed by atoms with Gasteiger partial charge >= 0.3 is 6.61 Å². The molecule has 1 aromatic carbocycles. The maximum absolute atomic E-state index is 12.2. The van der Waals surface area contributed by atoms with Gasteiger partial charge in [0.05, 0.1) is 6.04 Å². The lowest BCUT2D eigenvalue weighted by molar-refractivity contribution is -0.121. The molecule has 1 amide bonds. The van der Waals surface area contributed by atoms with Gasteiger partial charge in [-0.05, 0) is 36.1 Å². The molecule has 1 unspecified atom stereocenters. The van der Waals surface area contributed by atoms with Crippen LogP contribution >= 0.6 is 11.3 Å². The van der Waals surface area contributed by atoms with Gasteiger partial charge in [-0.2, -0.15) is 20.1 Å². The van der Waals surface area contributed by atoms with Crippen molar-refractivity contribution < 1.29 is 22.7 Å². The van der Waals surface area contributed by atoms with Crippen LogP contribution in [0.25, 0.3) is 11.5 Å². The average molecular weight is 393 g/mol. The van der Waals surface area contributed by atoms with E-state index in [0.29, 0.717) is 18.2 Å². The molecule has 0 radical (unpaired) electrons. The van der Waals surface area contributed by atoms with Gasteiger partial charge in [-0.1, -0.05) is 12.1 Å². The minimum atomic E-state index is -2.86. The molecule has 0 aliphatic rings. The Kier molecular flexibility index (Phi) is 6.12. The van der Waals surface area contributed by atoms with E-state index in [4.69, 9.17) is 4.42 Å². The summed E-state index contributed by atoms with van der Waals surface area (Å²) in [5.74, 6) is 0.731. The fourth-order valence-corrected chi connectivity index (χ4v) is 3.04. The molecule has 27 heavy (non-hydrogen) atoms. The summed E-state index contributed by atoms with van der Waals surface area (Å²) in [5, 5.41) is 14.6. The smallest absolute Gasteiger partial charge is 0.387 e. The summed E-state index contributed by atoms with van der Waals surface area (Å²) in [7, 11) is 0. The van der Waals surface area contributed by atoms with Crippen molar-refractivity contribution in [2.75, 3.05) is 0 Å². The summed E-state index contributed by atoms with van der Waals surface area (Å²) in [6, 6.07) is 7.75. The van der Waals surface area contributed by atoms with Gasteiger partial charge in [0.2, 0.25) is 17.7 Å². The van der Waals surface area contributed by atoms with Crippen molar-refractivity contribution in [2.24, 2.45) is 0 Å². The number of thiophene rings is 1. The third-order valence-electron chi connectivity index (χ3n) is 3.78. The van der Waals surface area contributed by atoms with E-state index >= 15 is 0 Å². The molecule has 6 nitrogen and oxygen atoms in total. The predicted octanol–water partition coefficient (Wildman–Crippen LogP) is 4.21. The molecule has 142 valence electrons. The number of nitrogens with zero attached hydrogens (tertiary/aromatic N) is 2. The zero-order valence-corrected chi connectivity index (χ0v) is 15.2. The summed E-state index contributed by atoms with van der Waals surface area (Å²) in [4.78, 5) is 12.1. The first kappa shape index (κ1) is 19.0. The van der Waals surface area contributed by atoms with Crippen LogP contribution in [0.2, 0.25) is 0 Å². The number of rotatable bonds is 8. The minimum absolute atomic E-state index is 0.0742. The highest BCUT2D eigenvalue weighted by Gasteiger charge is 2.13. The Hall–Kier alpha value is -2.81. The summed E-state index contributed by atoms with van der Waals surface area (Å²) in [6.45, 7) is -1.06. The van der Waals surface area contributed by atoms with Crippen molar-refractivity contribution in [1.29, 1.82) is 0 Å². The maximum atomic E-state index is 12.2. The first-order chi connectivity index (χ1) is 13.0. The van der Waals surface area contributed by atoms with Crippen LogP contribution in [-0.2, 0) is 11.2 Å². The lowest BCUT2D eigenvalue weighted by atomic mass is 10.1. The second kappa shape index (κ2) is 8.72. The number of halogens is 2. The fraction of sp³-hybridized carbons (Fsp3) is 0.278. The number of aromatic nitrogens is 2. The molecule has 0 saturated heterocycles. The van der Waals surface area contributed by atoms with Gasteiger partial charge in [0.15, 0.2) is 0 Å². The van der Waals surface area contributed by atoms with Gasteiger partial charge in [-0.25, -0.2) is 0 Å². The van der Waals surface area contributed by atoms with E-state index in [9.17, 15) is 13.6 Å². The monoisotopic (exact) mass is 393 g/mol. The van der Waals surface area contributed by atoms with E-state index in [2.05, 4.69) is 20.3 Å². The first-order valence-corrected chi connectivity index (χ1v) is 9.14. The van der Waals surface area contributed by atoms with Crippen LogP contribution in [0.3, 0.4) is 0 Å². The molecule has 0 aliphatic heterocycles. The van der Waals surface area contributed by atoms with E-state index in [1.807, 2.05) is 23.8 Å². The quantitative estimate of drug-likeness (QED) is 0.620. The van der Waals surface area contributed by atoms with E-state index in [-0.39, 0.29) is 24.1 Å². The Bertz CT molecular complexity index is 866. The SMILES string of the molecule is CC(NC(=O)CCc1nnc(-c2ccsc2)o1)c1ccc(OC(F)F)cc1. The molecule has 2 aromatic heterocycles. The van der Waals surface area contributed by atoms with Crippen LogP contribution in [-0.4, -0.2) is 22.7 Å². The molecule has 3 aromatic rings. The van der Waals surface area contributed by atoms with Crippen LogP contribution in [0.4, 0.5) is 8.78 Å². The molecule has 0 bridgehead atoms. The molecule has 3 rings (SSSR count). The van der Waals surface area contributed by atoms with Crippen molar-refractivity contribution in [1.82, 2.24) is 15.5 Å². The Labute approximate surface area is 158 Å². The standard InChI is InChI=1S/C18H17F2N3O3S/c1-11(12-2-4-14(5-3-12)25-18(19)20)21-15(24)6-7-16-22-23-17(26-16)13-8-9-27-10-13/h2-5,8-11,18H,6-7H2,1H3,(H,21,24).